The molecule has 20 heavy (non-hydrogen) atoms. The van der Waals surface area contributed by atoms with E-state index in [1.165, 1.54) is 39.0 Å². The Labute approximate surface area is 125 Å². The van der Waals surface area contributed by atoms with Gasteiger partial charge >= 0.3 is 0 Å². The summed E-state index contributed by atoms with van der Waals surface area (Å²) in [5.41, 5.74) is 1.09. The Morgan fingerprint density at radius 2 is 1.50 bits per heavy atom. The smallest absolute Gasteiger partial charge is 0.0602 e. The molecule has 0 atom stereocenters. The van der Waals surface area contributed by atoms with Crippen LogP contribution in [0, 0.1) is 22.7 Å². The lowest BCUT2D eigenvalue weighted by atomic mass is 9.71. The molecule has 2 aliphatic rings. The molecule has 2 heterocycles. The van der Waals surface area contributed by atoms with Gasteiger partial charge in [0, 0.05) is 24.0 Å². The van der Waals surface area contributed by atoms with Crippen molar-refractivity contribution in [3.05, 3.63) is 0 Å². The Bertz CT molecular complexity index is 384. The van der Waals surface area contributed by atoms with Crippen molar-refractivity contribution < 1.29 is 0 Å². The second kappa shape index (κ2) is 5.35. The second-order valence-corrected chi connectivity index (χ2v) is 8.85. The molecule has 0 aromatic rings. The molecule has 0 saturated carbocycles. The zero-order valence-corrected chi connectivity index (χ0v) is 14.3. The van der Waals surface area contributed by atoms with Gasteiger partial charge in [-0.25, -0.2) is 0 Å². The number of piperidine rings is 1. The minimum absolute atomic E-state index is 0.139. The zero-order chi connectivity index (χ0) is 15.0. The molecule has 2 rings (SSSR count). The summed E-state index contributed by atoms with van der Waals surface area (Å²) in [4.78, 5) is 5.16. The molecule has 2 aliphatic heterocycles. The highest BCUT2D eigenvalue weighted by Gasteiger charge is 2.45. The highest BCUT2D eigenvalue weighted by atomic mass is 15.2. The first-order valence-electron chi connectivity index (χ1n) is 8.07. The van der Waals surface area contributed by atoms with Gasteiger partial charge < -0.3 is 0 Å². The number of hydrogen-bond acceptors (Lipinski definition) is 2. The van der Waals surface area contributed by atoms with E-state index in [1.54, 1.807) is 0 Å². The standard InChI is InChI=1S/C18H32N2/c1-16(2,3)8-7-11-19-14-18(15-19)9-12-20(13-10-18)17(4,5)6/h9-15H2,1-6H3. The van der Waals surface area contributed by atoms with Crippen molar-refractivity contribution in [2.24, 2.45) is 10.8 Å². The first-order valence-corrected chi connectivity index (χ1v) is 8.07. The maximum absolute atomic E-state index is 3.35. The quantitative estimate of drug-likeness (QED) is 0.679. The van der Waals surface area contributed by atoms with E-state index in [1.807, 2.05) is 0 Å². The molecule has 2 nitrogen and oxygen atoms in total. The van der Waals surface area contributed by atoms with Crippen molar-refractivity contribution in [3.8, 4) is 11.8 Å². The average molecular weight is 276 g/mol. The van der Waals surface area contributed by atoms with Crippen molar-refractivity contribution in [2.45, 2.75) is 59.9 Å². The molecule has 0 N–H and O–H groups in total. The van der Waals surface area contributed by atoms with Crippen LogP contribution >= 0.6 is 0 Å². The van der Waals surface area contributed by atoms with Crippen LogP contribution in [0.3, 0.4) is 0 Å². The zero-order valence-electron chi connectivity index (χ0n) is 14.3. The fraction of sp³-hybridized carbons (Fsp3) is 0.889. The van der Waals surface area contributed by atoms with Crippen LogP contribution in [0.5, 0.6) is 0 Å². The number of rotatable bonds is 1. The van der Waals surface area contributed by atoms with Gasteiger partial charge in [0.1, 0.15) is 0 Å². The highest BCUT2D eigenvalue weighted by Crippen LogP contribution is 2.41. The van der Waals surface area contributed by atoms with Crippen molar-refractivity contribution in [1.29, 1.82) is 0 Å². The van der Waals surface area contributed by atoms with E-state index in [0.717, 1.165) is 6.54 Å². The molecule has 0 radical (unpaired) electrons. The summed E-state index contributed by atoms with van der Waals surface area (Å²) >= 11 is 0. The molecule has 2 heteroatoms. The fourth-order valence-electron chi connectivity index (χ4n) is 3.40. The highest BCUT2D eigenvalue weighted by molar-refractivity contribution is 5.11. The minimum atomic E-state index is 0.139. The molecule has 2 saturated heterocycles. The summed E-state index contributed by atoms with van der Waals surface area (Å²) in [6.45, 7) is 19.6. The minimum Gasteiger partial charge on any atom is -0.298 e. The number of likely N-dealkylation sites (tertiary alicyclic amines) is 2. The Morgan fingerprint density at radius 1 is 0.950 bits per heavy atom. The van der Waals surface area contributed by atoms with E-state index < -0.39 is 0 Å². The normalized spacial score (nSPS) is 24.1. The fourth-order valence-corrected chi connectivity index (χ4v) is 3.40. The van der Waals surface area contributed by atoms with Gasteiger partial charge in [0.25, 0.3) is 0 Å². The molecular formula is C18H32N2. The summed E-state index contributed by atoms with van der Waals surface area (Å²) in [5, 5.41) is 0. The Morgan fingerprint density at radius 3 is 1.95 bits per heavy atom. The van der Waals surface area contributed by atoms with E-state index in [4.69, 9.17) is 0 Å². The van der Waals surface area contributed by atoms with Gasteiger partial charge in [-0.15, -0.1) is 0 Å². The first kappa shape index (κ1) is 15.9. The Kier molecular flexibility index (Phi) is 4.24. The van der Waals surface area contributed by atoms with Crippen molar-refractivity contribution in [3.63, 3.8) is 0 Å². The molecule has 0 aromatic heterocycles. The van der Waals surface area contributed by atoms with Gasteiger partial charge in [-0.1, -0.05) is 11.8 Å². The molecule has 114 valence electrons. The van der Waals surface area contributed by atoms with E-state index in [0.29, 0.717) is 11.0 Å². The van der Waals surface area contributed by atoms with Crippen LogP contribution < -0.4 is 0 Å². The SMILES string of the molecule is CC(C)(C)C#CCN1CC2(CCN(C(C)(C)C)CC2)C1. The lowest BCUT2D eigenvalue weighted by Gasteiger charge is -2.55. The molecule has 0 unspecified atom stereocenters. The van der Waals surface area contributed by atoms with E-state index in [-0.39, 0.29) is 5.41 Å². The average Bonchev–Trinajstić information content (AvgIpc) is 2.24. The number of hydrogen-bond donors (Lipinski definition) is 0. The van der Waals surface area contributed by atoms with Crippen molar-refractivity contribution in [2.75, 3.05) is 32.7 Å². The van der Waals surface area contributed by atoms with Crippen LogP contribution in [0.2, 0.25) is 0 Å². The summed E-state index contributed by atoms with van der Waals surface area (Å²) in [6.07, 6.45) is 2.74. The van der Waals surface area contributed by atoms with E-state index in [2.05, 4.69) is 63.2 Å². The monoisotopic (exact) mass is 276 g/mol. The maximum Gasteiger partial charge on any atom is 0.0602 e. The van der Waals surface area contributed by atoms with E-state index in [9.17, 15) is 0 Å². The summed E-state index contributed by atoms with van der Waals surface area (Å²) < 4.78 is 0. The van der Waals surface area contributed by atoms with Crippen LogP contribution in [-0.4, -0.2) is 48.1 Å². The van der Waals surface area contributed by atoms with Crippen LogP contribution in [0.1, 0.15) is 54.4 Å². The van der Waals surface area contributed by atoms with Gasteiger partial charge in [-0.2, -0.15) is 0 Å². The molecule has 2 fully saturated rings. The van der Waals surface area contributed by atoms with Crippen molar-refractivity contribution >= 4 is 0 Å². The first-order chi connectivity index (χ1) is 9.10. The lowest BCUT2D eigenvalue weighted by molar-refractivity contribution is -0.0555. The number of nitrogens with zero attached hydrogens (tertiary/aromatic N) is 2. The van der Waals surface area contributed by atoms with Gasteiger partial charge in [0.15, 0.2) is 0 Å². The van der Waals surface area contributed by atoms with Crippen LogP contribution in [0.25, 0.3) is 0 Å². The molecule has 0 amide bonds. The predicted molar refractivity (Wildman–Crippen MR) is 86.7 cm³/mol. The maximum atomic E-state index is 3.35. The molecule has 0 bridgehead atoms. The second-order valence-electron chi connectivity index (χ2n) is 8.85. The summed E-state index contributed by atoms with van der Waals surface area (Å²) in [6, 6.07) is 0. The Balaban J connectivity index is 1.75. The van der Waals surface area contributed by atoms with Crippen molar-refractivity contribution in [1.82, 2.24) is 9.80 Å². The lowest BCUT2D eigenvalue weighted by Crippen LogP contribution is -2.61. The summed E-state index contributed by atoms with van der Waals surface area (Å²) in [5.74, 6) is 6.69. The third-order valence-corrected chi connectivity index (χ3v) is 4.66. The third-order valence-electron chi connectivity index (χ3n) is 4.66. The Hall–Kier alpha value is -0.520. The largest absolute Gasteiger partial charge is 0.298 e. The topological polar surface area (TPSA) is 6.48 Å². The molecule has 1 spiro atoms. The summed E-state index contributed by atoms with van der Waals surface area (Å²) in [7, 11) is 0. The van der Waals surface area contributed by atoms with Gasteiger partial charge in [-0.3, -0.25) is 9.80 Å². The van der Waals surface area contributed by atoms with Gasteiger partial charge in [-0.05, 0) is 72.9 Å². The molecular weight excluding hydrogens is 244 g/mol. The van der Waals surface area contributed by atoms with Crippen LogP contribution in [0.15, 0.2) is 0 Å². The van der Waals surface area contributed by atoms with Crippen LogP contribution in [0.4, 0.5) is 0 Å². The molecule has 0 aromatic carbocycles. The van der Waals surface area contributed by atoms with Gasteiger partial charge in [0.2, 0.25) is 0 Å². The predicted octanol–water partition coefficient (Wildman–Crippen LogP) is 3.23. The van der Waals surface area contributed by atoms with Crippen LogP contribution in [-0.2, 0) is 0 Å². The molecule has 0 aliphatic carbocycles. The third kappa shape index (κ3) is 3.99. The van der Waals surface area contributed by atoms with E-state index >= 15 is 0 Å². The van der Waals surface area contributed by atoms with Gasteiger partial charge in [0.05, 0.1) is 6.54 Å².